The molecule has 1 saturated heterocycles. The van der Waals surface area contributed by atoms with Crippen LogP contribution in [0, 0.1) is 0 Å². The molecule has 5 rings (SSSR count). The molecule has 3 N–H and O–H groups in total. The number of carbonyl (C=O) groups excluding carboxylic acids is 1. The van der Waals surface area contributed by atoms with Crippen molar-refractivity contribution in [1.82, 2.24) is 24.6 Å². The van der Waals surface area contributed by atoms with Gasteiger partial charge < -0.3 is 15.3 Å². The lowest BCUT2D eigenvalue weighted by Gasteiger charge is -2.33. The summed E-state index contributed by atoms with van der Waals surface area (Å²) in [6.45, 7) is 3.22. The van der Waals surface area contributed by atoms with Crippen molar-refractivity contribution in [3.63, 3.8) is 0 Å². The van der Waals surface area contributed by atoms with Crippen molar-refractivity contribution < 1.29 is 27.9 Å². The second-order valence-electron chi connectivity index (χ2n) is 10.4. The van der Waals surface area contributed by atoms with Crippen molar-refractivity contribution in [3.05, 3.63) is 71.4 Å². The van der Waals surface area contributed by atoms with Crippen LogP contribution in [0.15, 0.2) is 54.7 Å². The summed E-state index contributed by atoms with van der Waals surface area (Å²) in [7, 11) is 3.70. The summed E-state index contributed by atoms with van der Waals surface area (Å²) >= 11 is 0. The van der Waals surface area contributed by atoms with Gasteiger partial charge in [-0.05, 0) is 41.8 Å². The maximum atomic E-state index is 13.9. The zero-order valence-corrected chi connectivity index (χ0v) is 23.1. The minimum absolute atomic E-state index is 0.200. The Labute approximate surface area is 239 Å². The number of amides is 2. The van der Waals surface area contributed by atoms with Crippen molar-refractivity contribution in [2.45, 2.75) is 19.1 Å². The number of aryl methyl sites for hydroxylation is 1. The van der Waals surface area contributed by atoms with Crippen molar-refractivity contribution in [3.8, 4) is 11.3 Å². The summed E-state index contributed by atoms with van der Waals surface area (Å²) in [6, 6.07) is 12.9. The van der Waals surface area contributed by atoms with Gasteiger partial charge in [0.15, 0.2) is 5.82 Å². The van der Waals surface area contributed by atoms with Gasteiger partial charge in [-0.2, -0.15) is 18.3 Å². The molecule has 0 atom stereocenters. The topological polar surface area (TPSA) is 116 Å². The number of rotatable bonds is 7. The lowest BCUT2D eigenvalue weighted by molar-refractivity contribution is -0.138. The maximum absolute atomic E-state index is 13.9. The maximum Gasteiger partial charge on any atom is 0.416 e. The van der Waals surface area contributed by atoms with Gasteiger partial charge in [0, 0.05) is 63.0 Å². The molecule has 220 valence electrons. The number of carboxylic acid groups (broad SMARTS) is 1. The smallest absolute Gasteiger partial charge is 0.416 e. The Morgan fingerprint density at radius 3 is 2.40 bits per heavy atom. The zero-order chi connectivity index (χ0) is 30.0. The minimum Gasteiger partial charge on any atom is -0.465 e. The summed E-state index contributed by atoms with van der Waals surface area (Å²) < 4.78 is 43.4. The Morgan fingerprint density at radius 2 is 1.69 bits per heavy atom. The molecule has 1 aliphatic heterocycles. The fourth-order valence-electron chi connectivity index (χ4n) is 5.03. The largest absolute Gasteiger partial charge is 0.465 e. The Kier molecular flexibility index (Phi) is 8.14. The van der Waals surface area contributed by atoms with Crippen molar-refractivity contribution in [2.75, 3.05) is 43.9 Å². The molecule has 1 aliphatic rings. The van der Waals surface area contributed by atoms with E-state index < -0.39 is 23.7 Å². The number of nitrogens with one attached hydrogen (secondary N) is 2. The number of alkyl halides is 3. The van der Waals surface area contributed by atoms with E-state index in [-0.39, 0.29) is 35.7 Å². The summed E-state index contributed by atoms with van der Waals surface area (Å²) in [5.41, 5.74) is 1.21. The molecule has 4 aromatic rings. The van der Waals surface area contributed by atoms with Gasteiger partial charge in [0.1, 0.15) is 5.82 Å². The third-order valence-corrected chi connectivity index (χ3v) is 7.23. The fourth-order valence-corrected chi connectivity index (χ4v) is 5.03. The first kappa shape index (κ1) is 29.0. The van der Waals surface area contributed by atoms with E-state index in [0.29, 0.717) is 18.8 Å². The zero-order valence-electron chi connectivity index (χ0n) is 23.1. The molecular weight excluding hydrogens is 551 g/mol. The van der Waals surface area contributed by atoms with Gasteiger partial charge in [-0.15, -0.1) is 0 Å². The number of halogens is 3. The third kappa shape index (κ3) is 6.86. The predicted octanol–water partition coefficient (Wildman–Crippen LogP) is 4.67. The Balaban J connectivity index is 1.28. The van der Waals surface area contributed by atoms with Gasteiger partial charge in [-0.1, -0.05) is 24.3 Å². The predicted molar refractivity (Wildman–Crippen MR) is 152 cm³/mol. The van der Waals surface area contributed by atoms with E-state index in [1.165, 1.54) is 6.07 Å². The van der Waals surface area contributed by atoms with Crippen molar-refractivity contribution >= 4 is 34.4 Å². The normalized spacial score (nSPS) is 14.7. The molecular formula is C29H30F3N7O3. The molecule has 2 aromatic carbocycles. The highest BCUT2D eigenvalue weighted by molar-refractivity contribution is 5.93. The molecule has 10 nitrogen and oxygen atoms in total. The Morgan fingerprint density at radius 1 is 0.929 bits per heavy atom. The van der Waals surface area contributed by atoms with Crippen LogP contribution in [0.25, 0.3) is 22.0 Å². The van der Waals surface area contributed by atoms with Crippen molar-refractivity contribution in [2.24, 2.45) is 7.05 Å². The van der Waals surface area contributed by atoms with Gasteiger partial charge in [0.2, 0.25) is 5.91 Å². The summed E-state index contributed by atoms with van der Waals surface area (Å²) in [4.78, 5) is 31.9. The first-order valence-corrected chi connectivity index (χ1v) is 13.3. The number of hydrogen-bond donors (Lipinski definition) is 3. The van der Waals surface area contributed by atoms with Crippen LogP contribution in [0.1, 0.15) is 16.7 Å². The van der Waals surface area contributed by atoms with E-state index in [9.17, 15) is 22.8 Å². The fraction of sp³-hybridized carbons (Fsp3) is 0.310. The number of aromatic nitrogens is 3. The molecule has 1 fully saturated rings. The van der Waals surface area contributed by atoms with Gasteiger partial charge in [0.05, 0.1) is 17.7 Å². The van der Waals surface area contributed by atoms with E-state index >= 15 is 0 Å². The highest BCUT2D eigenvalue weighted by atomic mass is 19.4. The van der Waals surface area contributed by atoms with E-state index in [1.807, 2.05) is 30.1 Å². The first-order chi connectivity index (χ1) is 19.9. The number of piperazine rings is 1. The first-order valence-electron chi connectivity index (χ1n) is 13.3. The molecule has 0 bridgehead atoms. The minimum atomic E-state index is -4.53. The summed E-state index contributed by atoms with van der Waals surface area (Å²) in [5, 5.41) is 19.7. The van der Waals surface area contributed by atoms with Crippen LogP contribution in [-0.2, 0) is 31.0 Å². The highest BCUT2D eigenvalue weighted by Crippen LogP contribution is 2.34. The Hall–Kier alpha value is -4.49. The van der Waals surface area contributed by atoms with E-state index in [2.05, 4.69) is 25.6 Å². The number of hydrogen-bond acceptors (Lipinski definition) is 6. The molecule has 2 amide bonds. The number of carbonyl (C=O) groups is 2. The lowest BCUT2D eigenvalue weighted by atomic mass is 10.0. The van der Waals surface area contributed by atoms with E-state index in [1.54, 1.807) is 36.1 Å². The molecule has 0 unspecified atom stereocenters. The van der Waals surface area contributed by atoms with Crippen LogP contribution >= 0.6 is 0 Å². The van der Waals surface area contributed by atoms with Gasteiger partial charge >= 0.3 is 12.3 Å². The second kappa shape index (κ2) is 11.8. The van der Waals surface area contributed by atoms with Gasteiger partial charge in [0.25, 0.3) is 0 Å². The average molecular weight is 582 g/mol. The number of nitrogens with zero attached hydrogens (tertiary/aromatic N) is 5. The molecule has 0 radical (unpaired) electrons. The summed E-state index contributed by atoms with van der Waals surface area (Å²) in [5.74, 6) is -0.0134. The van der Waals surface area contributed by atoms with Crippen LogP contribution in [0.4, 0.5) is 29.6 Å². The molecule has 0 aliphatic carbocycles. The molecule has 13 heteroatoms. The van der Waals surface area contributed by atoms with E-state index in [4.69, 9.17) is 5.11 Å². The number of benzene rings is 2. The SMILES string of the molecule is CN1CCN(Cc2ccc(CC(=O)Nc3cc(-c4ccc5cc(NC(=O)O)ncc5c4)n(C)n3)cc2C(F)(F)F)CC1. The van der Waals surface area contributed by atoms with Crippen LogP contribution in [0.5, 0.6) is 0 Å². The van der Waals surface area contributed by atoms with E-state index in [0.717, 1.165) is 35.5 Å². The molecule has 0 spiro atoms. The number of likely N-dealkylation sites (N-methyl/N-ethyl adjacent to an activating group) is 1. The second-order valence-corrected chi connectivity index (χ2v) is 10.4. The third-order valence-electron chi connectivity index (χ3n) is 7.23. The van der Waals surface area contributed by atoms with Gasteiger partial charge in [-0.25, -0.2) is 9.78 Å². The molecule has 0 saturated carbocycles. The van der Waals surface area contributed by atoms with Crippen LogP contribution in [0.3, 0.4) is 0 Å². The average Bonchev–Trinajstić information content (AvgIpc) is 3.29. The van der Waals surface area contributed by atoms with Crippen LogP contribution in [-0.4, -0.2) is 74.9 Å². The standard InChI is InChI=1S/C29H30F3N7O3/c1-37-7-9-39(10-8-37)17-21-4-3-18(11-23(21)29(30,31)32)12-27(40)34-26-15-24(38(2)36-26)20-6-5-19-14-25(35-28(41)42)33-16-22(19)13-20/h3-6,11,13-16H,7-10,12,17H2,1-2H3,(H,33,35)(H,41,42)(H,34,36,40). The Bertz CT molecular complexity index is 1630. The lowest BCUT2D eigenvalue weighted by Crippen LogP contribution is -2.44. The highest BCUT2D eigenvalue weighted by Gasteiger charge is 2.34. The van der Waals surface area contributed by atoms with Crippen LogP contribution < -0.4 is 10.6 Å². The monoisotopic (exact) mass is 581 g/mol. The van der Waals surface area contributed by atoms with Crippen LogP contribution in [0.2, 0.25) is 0 Å². The number of anilines is 2. The number of fused-ring (bicyclic) bond motifs is 1. The van der Waals surface area contributed by atoms with Crippen molar-refractivity contribution in [1.29, 1.82) is 0 Å². The molecule has 3 heterocycles. The van der Waals surface area contributed by atoms with Gasteiger partial charge in [-0.3, -0.25) is 19.7 Å². The number of pyridine rings is 1. The molecule has 42 heavy (non-hydrogen) atoms. The quantitative estimate of drug-likeness (QED) is 0.291. The summed E-state index contributed by atoms with van der Waals surface area (Å²) in [6.07, 6.45) is -4.43. The molecule has 2 aromatic heterocycles.